The Morgan fingerprint density at radius 3 is 2.09 bits per heavy atom. The highest BCUT2D eigenvalue weighted by Crippen LogP contribution is 2.18. The van der Waals surface area contributed by atoms with E-state index in [2.05, 4.69) is 32.3 Å². The lowest BCUT2D eigenvalue weighted by Crippen LogP contribution is -2.29. The van der Waals surface area contributed by atoms with Gasteiger partial charge in [0, 0.05) is 32.3 Å². The zero-order valence-electron chi connectivity index (χ0n) is 6.42. The first-order chi connectivity index (χ1) is 4.95. The average Bonchev–Trinajstić information content (AvgIpc) is 1.81. The fraction of sp³-hybridized carbons (Fsp3) is 0.833. The second kappa shape index (κ2) is 5.11. The van der Waals surface area contributed by atoms with Crippen LogP contribution in [0.4, 0.5) is 0 Å². The van der Waals surface area contributed by atoms with Gasteiger partial charge in [-0.05, 0) is 12.3 Å². The average molecular weight is 289 g/mol. The fourth-order valence-corrected chi connectivity index (χ4v) is 1.40. The SMILES string of the molecule is CC(C)CC(C(=O)O)N(Br)Br. The van der Waals surface area contributed by atoms with Crippen molar-refractivity contribution in [1.82, 2.24) is 2.95 Å². The van der Waals surface area contributed by atoms with E-state index in [4.69, 9.17) is 5.11 Å². The van der Waals surface area contributed by atoms with Crippen molar-refractivity contribution >= 4 is 38.3 Å². The molecule has 0 heterocycles. The molecule has 1 atom stereocenters. The van der Waals surface area contributed by atoms with E-state index < -0.39 is 12.0 Å². The summed E-state index contributed by atoms with van der Waals surface area (Å²) in [5, 5.41) is 8.69. The van der Waals surface area contributed by atoms with E-state index in [-0.39, 0.29) is 0 Å². The summed E-state index contributed by atoms with van der Waals surface area (Å²) in [4.78, 5) is 10.6. The van der Waals surface area contributed by atoms with Crippen LogP contribution in [0.3, 0.4) is 0 Å². The number of aliphatic carboxylic acids is 1. The molecule has 1 unspecified atom stereocenters. The van der Waals surface area contributed by atoms with Gasteiger partial charge in [0.1, 0.15) is 6.04 Å². The normalized spacial score (nSPS) is 14.0. The Kier molecular flexibility index (Phi) is 5.29. The number of rotatable bonds is 4. The van der Waals surface area contributed by atoms with Crippen LogP contribution in [0.2, 0.25) is 0 Å². The smallest absolute Gasteiger partial charge is 0.322 e. The molecule has 0 aliphatic carbocycles. The predicted molar refractivity (Wildman–Crippen MR) is 50.6 cm³/mol. The zero-order chi connectivity index (χ0) is 9.02. The Labute approximate surface area is 83.4 Å². The minimum atomic E-state index is -0.826. The van der Waals surface area contributed by atoms with Crippen LogP contribution < -0.4 is 0 Å². The van der Waals surface area contributed by atoms with Crippen molar-refractivity contribution in [3.05, 3.63) is 0 Å². The molecule has 66 valence electrons. The van der Waals surface area contributed by atoms with Crippen LogP contribution >= 0.6 is 32.3 Å². The number of halogens is 2. The monoisotopic (exact) mass is 287 g/mol. The molecule has 0 aliphatic rings. The van der Waals surface area contributed by atoms with Crippen molar-refractivity contribution in [2.24, 2.45) is 5.92 Å². The van der Waals surface area contributed by atoms with E-state index in [1.54, 1.807) is 0 Å². The molecule has 0 aromatic rings. The maximum Gasteiger partial charge on any atom is 0.322 e. The standard InChI is InChI=1S/C6H11Br2NO2/c1-4(2)3-5(6(10)11)9(7)8/h4-5H,3H2,1-2H3,(H,10,11). The van der Waals surface area contributed by atoms with Crippen LogP contribution in [-0.4, -0.2) is 20.1 Å². The molecule has 1 N–H and O–H groups in total. The summed E-state index contributed by atoms with van der Waals surface area (Å²) >= 11 is 6.08. The third-order valence-corrected chi connectivity index (χ3v) is 2.20. The topological polar surface area (TPSA) is 40.5 Å². The van der Waals surface area contributed by atoms with Crippen LogP contribution in [0.15, 0.2) is 0 Å². The molecule has 11 heavy (non-hydrogen) atoms. The molecule has 0 saturated carbocycles. The van der Waals surface area contributed by atoms with Crippen LogP contribution in [0.1, 0.15) is 20.3 Å². The Morgan fingerprint density at radius 2 is 2.00 bits per heavy atom. The maximum absolute atomic E-state index is 10.6. The predicted octanol–water partition coefficient (Wildman–Crippen LogP) is 2.41. The zero-order valence-corrected chi connectivity index (χ0v) is 9.59. The first-order valence-corrected chi connectivity index (χ1v) is 4.70. The molecule has 0 bridgehead atoms. The minimum absolute atomic E-state index is 0.369. The van der Waals surface area contributed by atoms with Crippen LogP contribution in [0.25, 0.3) is 0 Å². The van der Waals surface area contributed by atoms with Gasteiger partial charge in [-0.1, -0.05) is 13.8 Å². The molecular formula is C6H11Br2NO2. The highest BCUT2D eigenvalue weighted by molar-refractivity contribution is 9.21. The third-order valence-electron chi connectivity index (χ3n) is 1.22. The largest absolute Gasteiger partial charge is 0.480 e. The summed E-state index contributed by atoms with van der Waals surface area (Å²) < 4.78 is 1.36. The Bertz CT molecular complexity index is 139. The van der Waals surface area contributed by atoms with Crippen molar-refractivity contribution < 1.29 is 9.90 Å². The lowest BCUT2D eigenvalue weighted by atomic mass is 10.1. The number of hydrogen-bond donors (Lipinski definition) is 1. The Morgan fingerprint density at radius 1 is 1.55 bits per heavy atom. The van der Waals surface area contributed by atoms with Gasteiger partial charge in [0.05, 0.1) is 0 Å². The van der Waals surface area contributed by atoms with E-state index in [1.165, 1.54) is 2.95 Å². The van der Waals surface area contributed by atoms with Crippen molar-refractivity contribution in [1.29, 1.82) is 0 Å². The van der Waals surface area contributed by atoms with E-state index in [0.29, 0.717) is 12.3 Å². The lowest BCUT2D eigenvalue weighted by molar-refractivity contribution is -0.140. The van der Waals surface area contributed by atoms with Crippen molar-refractivity contribution in [3.8, 4) is 0 Å². The highest BCUT2D eigenvalue weighted by atomic mass is 79.9. The second-order valence-corrected chi connectivity index (χ2v) is 5.22. The van der Waals surface area contributed by atoms with Gasteiger partial charge in [-0.15, -0.1) is 0 Å². The summed E-state index contributed by atoms with van der Waals surface area (Å²) in [6.07, 6.45) is 0.617. The van der Waals surface area contributed by atoms with Gasteiger partial charge in [0.2, 0.25) is 0 Å². The van der Waals surface area contributed by atoms with Crippen LogP contribution in [0, 0.1) is 5.92 Å². The van der Waals surface area contributed by atoms with Gasteiger partial charge < -0.3 is 5.11 Å². The molecule has 0 aliphatic heterocycles. The van der Waals surface area contributed by atoms with E-state index in [9.17, 15) is 4.79 Å². The molecule has 0 amide bonds. The number of nitrogens with zero attached hydrogens (tertiary/aromatic N) is 1. The number of carboxylic acids is 1. The van der Waals surface area contributed by atoms with E-state index in [0.717, 1.165) is 0 Å². The Hall–Kier alpha value is 0.390. The van der Waals surface area contributed by atoms with E-state index >= 15 is 0 Å². The molecule has 0 radical (unpaired) electrons. The summed E-state index contributed by atoms with van der Waals surface area (Å²) in [7, 11) is 0. The summed E-state index contributed by atoms with van der Waals surface area (Å²) in [6, 6.07) is -0.505. The van der Waals surface area contributed by atoms with Crippen molar-refractivity contribution in [3.63, 3.8) is 0 Å². The molecule has 0 fully saturated rings. The second-order valence-electron chi connectivity index (χ2n) is 2.74. The summed E-state index contributed by atoms with van der Waals surface area (Å²) in [5.74, 6) is -0.457. The summed E-state index contributed by atoms with van der Waals surface area (Å²) in [6.45, 7) is 3.97. The lowest BCUT2D eigenvalue weighted by Gasteiger charge is -2.17. The third kappa shape index (κ3) is 4.76. The Balaban J connectivity index is 4.01. The van der Waals surface area contributed by atoms with E-state index in [1.807, 2.05) is 13.8 Å². The van der Waals surface area contributed by atoms with Crippen molar-refractivity contribution in [2.75, 3.05) is 0 Å². The molecule has 3 nitrogen and oxygen atoms in total. The molecule has 0 aromatic carbocycles. The maximum atomic E-state index is 10.6. The molecular weight excluding hydrogens is 278 g/mol. The first kappa shape index (κ1) is 11.4. The van der Waals surface area contributed by atoms with Crippen LogP contribution in [-0.2, 0) is 4.79 Å². The van der Waals surface area contributed by atoms with Gasteiger partial charge in [-0.25, -0.2) is 0 Å². The molecule has 0 aromatic heterocycles. The van der Waals surface area contributed by atoms with Gasteiger partial charge in [0.25, 0.3) is 0 Å². The summed E-state index contributed by atoms with van der Waals surface area (Å²) in [5.41, 5.74) is 0. The molecule has 0 spiro atoms. The first-order valence-electron chi connectivity index (χ1n) is 3.28. The molecule has 0 rings (SSSR count). The fourth-order valence-electron chi connectivity index (χ4n) is 0.711. The minimum Gasteiger partial charge on any atom is -0.480 e. The van der Waals surface area contributed by atoms with Gasteiger partial charge >= 0.3 is 5.97 Å². The van der Waals surface area contributed by atoms with Gasteiger partial charge in [-0.2, -0.15) is 2.95 Å². The molecule has 0 saturated heterocycles. The van der Waals surface area contributed by atoms with Gasteiger partial charge in [-0.3, -0.25) is 4.79 Å². The highest BCUT2D eigenvalue weighted by Gasteiger charge is 2.23. The molecule has 5 heteroatoms. The van der Waals surface area contributed by atoms with Crippen molar-refractivity contribution in [2.45, 2.75) is 26.3 Å². The number of hydrogen-bond acceptors (Lipinski definition) is 2. The number of carboxylic acid groups (broad SMARTS) is 1. The number of carbonyl (C=O) groups is 1. The van der Waals surface area contributed by atoms with Gasteiger partial charge in [0.15, 0.2) is 0 Å². The van der Waals surface area contributed by atoms with Crippen LogP contribution in [0.5, 0.6) is 0 Å². The quantitative estimate of drug-likeness (QED) is 0.808.